The van der Waals surface area contributed by atoms with E-state index in [1.54, 1.807) is 0 Å². The fraction of sp³-hybridized carbons (Fsp3) is 0.105. The van der Waals surface area contributed by atoms with E-state index in [0.717, 1.165) is 24.1 Å². The standard InChI is InChI=1S/C19H11F2NS/c1-2-14-3-5-15(6-4-14)7-8-16-11-19(21)17(12-18(16)20)9-10-22-13-23/h3-6,11-12H,2H2,1H3. The molecule has 2 aromatic carbocycles. The third-order valence-electron chi connectivity index (χ3n) is 3.05. The fourth-order valence-electron chi connectivity index (χ4n) is 1.81. The molecular formula is C19H11F2NS. The number of aliphatic imine (C=N–C) groups is 1. The summed E-state index contributed by atoms with van der Waals surface area (Å²) in [5.41, 5.74) is 1.80. The number of isothiocyanates is 1. The van der Waals surface area contributed by atoms with Crippen LogP contribution in [0.15, 0.2) is 41.4 Å². The first-order valence-electron chi connectivity index (χ1n) is 6.82. The van der Waals surface area contributed by atoms with Gasteiger partial charge >= 0.3 is 0 Å². The van der Waals surface area contributed by atoms with Gasteiger partial charge in [0.1, 0.15) is 11.6 Å². The normalized spacial score (nSPS) is 9.00. The molecule has 1 nitrogen and oxygen atoms in total. The van der Waals surface area contributed by atoms with Gasteiger partial charge in [0.15, 0.2) is 0 Å². The smallest absolute Gasteiger partial charge is 0.140 e. The van der Waals surface area contributed by atoms with E-state index in [9.17, 15) is 8.78 Å². The Kier molecular flexibility index (Phi) is 5.78. The minimum atomic E-state index is -0.663. The van der Waals surface area contributed by atoms with Crippen molar-refractivity contribution in [2.24, 2.45) is 4.99 Å². The van der Waals surface area contributed by atoms with E-state index in [1.807, 2.05) is 29.4 Å². The molecule has 0 amide bonds. The van der Waals surface area contributed by atoms with Crippen LogP contribution in [0.25, 0.3) is 0 Å². The molecule has 0 unspecified atom stereocenters. The molecule has 0 spiro atoms. The Morgan fingerprint density at radius 2 is 1.57 bits per heavy atom. The van der Waals surface area contributed by atoms with Crippen LogP contribution in [0.3, 0.4) is 0 Å². The van der Waals surface area contributed by atoms with E-state index in [2.05, 4.69) is 47.9 Å². The highest BCUT2D eigenvalue weighted by Gasteiger charge is 2.06. The molecular weight excluding hydrogens is 312 g/mol. The van der Waals surface area contributed by atoms with Gasteiger partial charge in [0, 0.05) is 5.56 Å². The van der Waals surface area contributed by atoms with Gasteiger partial charge in [0.2, 0.25) is 0 Å². The number of aryl methyl sites for hydroxylation is 1. The molecule has 112 valence electrons. The van der Waals surface area contributed by atoms with Crippen molar-refractivity contribution in [2.75, 3.05) is 0 Å². The van der Waals surface area contributed by atoms with Gasteiger partial charge in [-0.2, -0.15) is 0 Å². The summed E-state index contributed by atoms with van der Waals surface area (Å²) < 4.78 is 27.8. The second-order valence-corrected chi connectivity index (χ2v) is 4.73. The lowest BCUT2D eigenvalue weighted by Crippen LogP contribution is -1.91. The number of nitrogens with zero attached hydrogens (tertiary/aromatic N) is 1. The van der Waals surface area contributed by atoms with E-state index in [4.69, 9.17) is 0 Å². The lowest BCUT2D eigenvalue weighted by atomic mass is 10.1. The van der Waals surface area contributed by atoms with Crippen LogP contribution < -0.4 is 0 Å². The Morgan fingerprint density at radius 3 is 2.13 bits per heavy atom. The lowest BCUT2D eigenvalue weighted by Gasteiger charge is -1.98. The molecule has 0 saturated heterocycles. The number of hydrogen-bond acceptors (Lipinski definition) is 2. The minimum Gasteiger partial charge on any atom is -0.206 e. The fourth-order valence-corrected chi connectivity index (χ4v) is 1.86. The molecule has 0 heterocycles. The van der Waals surface area contributed by atoms with Crippen molar-refractivity contribution in [2.45, 2.75) is 13.3 Å². The molecule has 0 aromatic heterocycles. The second kappa shape index (κ2) is 8.01. The summed E-state index contributed by atoms with van der Waals surface area (Å²) in [7, 11) is 0. The van der Waals surface area contributed by atoms with Crippen molar-refractivity contribution in [3.63, 3.8) is 0 Å². The van der Waals surface area contributed by atoms with Gasteiger partial charge < -0.3 is 0 Å². The average Bonchev–Trinajstić information content (AvgIpc) is 2.57. The molecule has 23 heavy (non-hydrogen) atoms. The van der Waals surface area contributed by atoms with Gasteiger partial charge in [-0.15, -0.1) is 4.99 Å². The van der Waals surface area contributed by atoms with Crippen molar-refractivity contribution < 1.29 is 8.78 Å². The van der Waals surface area contributed by atoms with E-state index in [-0.39, 0.29) is 11.1 Å². The predicted octanol–water partition coefficient (Wildman–Crippen LogP) is 4.34. The molecule has 0 saturated carbocycles. The maximum Gasteiger partial charge on any atom is 0.140 e. The van der Waals surface area contributed by atoms with Crippen molar-refractivity contribution in [3.05, 3.63) is 70.3 Å². The zero-order valence-corrected chi connectivity index (χ0v) is 13.1. The van der Waals surface area contributed by atoms with Gasteiger partial charge in [0.05, 0.1) is 22.3 Å². The van der Waals surface area contributed by atoms with Crippen LogP contribution in [0, 0.1) is 35.4 Å². The summed E-state index contributed by atoms with van der Waals surface area (Å²) in [6, 6.07) is 11.8. The van der Waals surface area contributed by atoms with E-state index < -0.39 is 11.6 Å². The zero-order chi connectivity index (χ0) is 16.7. The lowest BCUT2D eigenvalue weighted by molar-refractivity contribution is 0.594. The highest BCUT2D eigenvalue weighted by atomic mass is 32.1. The number of hydrogen-bond donors (Lipinski definition) is 0. The van der Waals surface area contributed by atoms with Gasteiger partial charge in [0.25, 0.3) is 0 Å². The quantitative estimate of drug-likeness (QED) is 0.432. The molecule has 0 aliphatic carbocycles. The summed E-state index contributed by atoms with van der Waals surface area (Å²) >= 11 is 4.34. The molecule has 0 aliphatic heterocycles. The minimum absolute atomic E-state index is 0.0223. The first-order valence-corrected chi connectivity index (χ1v) is 7.22. The highest BCUT2D eigenvalue weighted by Crippen LogP contribution is 2.14. The molecule has 0 bridgehead atoms. The van der Waals surface area contributed by atoms with Crippen LogP contribution in [0.5, 0.6) is 0 Å². The van der Waals surface area contributed by atoms with Crippen molar-refractivity contribution in [1.82, 2.24) is 0 Å². The van der Waals surface area contributed by atoms with Gasteiger partial charge in [-0.05, 0) is 54.4 Å². The first-order chi connectivity index (χ1) is 11.1. The highest BCUT2D eigenvalue weighted by molar-refractivity contribution is 7.78. The average molecular weight is 323 g/mol. The van der Waals surface area contributed by atoms with Gasteiger partial charge in [-0.3, -0.25) is 0 Å². The van der Waals surface area contributed by atoms with Crippen LogP contribution in [0.1, 0.15) is 29.2 Å². The summed E-state index contributed by atoms with van der Waals surface area (Å²) in [4.78, 5) is 3.34. The Hall–Kier alpha value is -2.78. The Morgan fingerprint density at radius 1 is 0.957 bits per heavy atom. The maximum absolute atomic E-state index is 14.0. The summed E-state index contributed by atoms with van der Waals surface area (Å²) in [5, 5.41) is 2.03. The van der Waals surface area contributed by atoms with E-state index >= 15 is 0 Å². The molecule has 0 radical (unpaired) electrons. The summed E-state index contributed by atoms with van der Waals surface area (Å²) in [6.07, 6.45) is 0.934. The molecule has 2 rings (SSSR count). The predicted molar refractivity (Wildman–Crippen MR) is 90.1 cm³/mol. The molecule has 0 N–H and O–H groups in total. The number of thiocarbonyl (C=S) groups is 1. The van der Waals surface area contributed by atoms with Crippen LogP contribution >= 0.6 is 12.2 Å². The zero-order valence-electron chi connectivity index (χ0n) is 12.3. The van der Waals surface area contributed by atoms with Crippen molar-refractivity contribution >= 4 is 17.4 Å². The SMILES string of the molecule is CCc1ccc(C#Cc2cc(F)c(C#CN=C=S)cc2F)cc1. The van der Waals surface area contributed by atoms with Crippen molar-refractivity contribution in [1.29, 1.82) is 0 Å². The van der Waals surface area contributed by atoms with Crippen LogP contribution in [-0.4, -0.2) is 5.16 Å². The monoisotopic (exact) mass is 323 g/mol. The third-order valence-corrected chi connectivity index (χ3v) is 3.14. The number of halogens is 2. The Balaban J connectivity index is 2.31. The number of benzene rings is 2. The van der Waals surface area contributed by atoms with Crippen LogP contribution in [0.2, 0.25) is 0 Å². The van der Waals surface area contributed by atoms with E-state index in [0.29, 0.717) is 0 Å². The molecule has 4 heteroatoms. The van der Waals surface area contributed by atoms with E-state index in [1.165, 1.54) is 5.56 Å². The molecule has 2 aromatic rings. The summed E-state index contributed by atoms with van der Waals surface area (Å²) in [5.74, 6) is 6.51. The summed E-state index contributed by atoms with van der Waals surface area (Å²) in [6.45, 7) is 2.06. The van der Waals surface area contributed by atoms with Crippen LogP contribution in [-0.2, 0) is 6.42 Å². The van der Waals surface area contributed by atoms with Gasteiger partial charge in [-0.1, -0.05) is 30.9 Å². The molecule has 0 aliphatic rings. The largest absolute Gasteiger partial charge is 0.206 e. The Labute approximate surface area is 139 Å². The molecule has 0 fully saturated rings. The van der Waals surface area contributed by atoms with Crippen LogP contribution in [0.4, 0.5) is 8.78 Å². The Bertz CT molecular complexity index is 887. The van der Waals surface area contributed by atoms with Gasteiger partial charge in [-0.25, -0.2) is 8.78 Å². The number of rotatable bonds is 1. The molecule has 0 atom stereocenters. The topological polar surface area (TPSA) is 12.4 Å². The first kappa shape index (κ1) is 16.6. The maximum atomic E-state index is 14.0. The second-order valence-electron chi connectivity index (χ2n) is 4.55. The third kappa shape index (κ3) is 4.59. The van der Waals surface area contributed by atoms with Crippen molar-refractivity contribution in [3.8, 4) is 23.8 Å².